The normalized spacial score (nSPS) is 10.5. The van der Waals surface area contributed by atoms with E-state index < -0.39 is 0 Å². The summed E-state index contributed by atoms with van der Waals surface area (Å²) in [7, 11) is 0. The molecule has 0 fully saturated rings. The van der Waals surface area contributed by atoms with E-state index in [-0.39, 0.29) is 0 Å². The van der Waals surface area contributed by atoms with Crippen LogP contribution >= 0.6 is 0 Å². The topological polar surface area (TPSA) is 78.9 Å². The molecule has 0 amide bonds. The van der Waals surface area contributed by atoms with E-state index in [9.17, 15) is 0 Å². The molecule has 6 heteroatoms. The van der Waals surface area contributed by atoms with E-state index in [0.29, 0.717) is 18.2 Å². The molecule has 90 valence electrons. The SMILES string of the molecule is CCCn1cc(Oc2ccc(CN)nn2)cn1. The summed E-state index contributed by atoms with van der Waals surface area (Å²) in [6.07, 6.45) is 4.53. The van der Waals surface area contributed by atoms with Gasteiger partial charge in [0.05, 0.1) is 18.1 Å². The van der Waals surface area contributed by atoms with Crippen molar-refractivity contribution in [2.45, 2.75) is 26.4 Å². The molecule has 0 atom stereocenters. The third kappa shape index (κ3) is 3.01. The van der Waals surface area contributed by atoms with Crippen molar-refractivity contribution >= 4 is 0 Å². The summed E-state index contributed by atoms with van der Waals surface area (Å²) < 4.78 is 7.34. The van der Waals surface area contributed by atoms with Gasteiger partial charge in [-0.25, -0.2) is 0 Å². The van der Waals surface area contributed by atoms with Gasteiger partial charge in [-0.05, 0) is 12.5 Å². The average molecular weight is 233 g/mol. The molecule has 2 heterocycles. The lowest BCUT2D eigenvalue weighted by molar-refractivity contribution is 0.452. The summed E-state index contributed by atoms with van der Waals surface area (Å²) in [5.41, 5.74) is 6.17. The molecule has 2 N–H and O–H groups in total. The lowest BCUT2D eigenvalue weighted by atomic mass is 10.4. The third-order valence-electron chi connectivity index (χ3n) is 2.19. The van der Waals surface area contributed by atoms with Crippen LogP contribution in [-0.2, 0) is 13.1 Å². The van der Waals surface area contributed by atoms with Gasteiger partial charge in [0.15, 0.2) is 5.75 Å². The lowest BCUT2D eigenvalue weighted by Crippen LogP contribution is -2.01. The molecule has 0 radical (unpaired) electrons. The minimum absolute atomic E-state index is 0.377. The molecule has 2 aromatic rings. The van der Waals surface area contributed by atoms with Crippen LogP contribution in [-0.4, -0.2) is 20.0 Å². The number of aryl methyl sites for hydroxylation is 1. The maximum Gasteiger partial charge on any atom is 0.239 e. The van der Waals surface area contributed by atoms with E-state index in [1.165, 1.54) is 0 Å². The first kappa shape index (κ1) is 11.5. The van der Waals surface area contributed by atoms with Crippen LogP contribution in [0, 0.1) is 0 Å². The molecule has 0 saturated carbocycles. The van der Waals surface area contributed by atoms with Gasteiger partial charge < -0.3 is 10.5 Å². The molecule has 0 saturated heterocycles. The largest absolute Gasteiger partial charge is 0.434 e. The highest BCUT2D eigenvalue weighted by molar-refractivity contribution is 5.21. The first-order chi connectivity index (χ1) is 8.31. The third-order valence-corrected chi connectivity index (χ3v) is 2.19. The Hall–Kier alpha value is -1.95. The first-order valence-corrected chi connectivity index (χ1v) is 5.55. The van der Waals surface area contributed by atoms with E-state index >= 15 is 0 Å². The number of hydrogen-bond donors (Lipinski definition) is 1. The number of aromatic nitrogens is 4. The molecule has 0 aliphatic rings. The molecule has 2 aromatic heterocycles. The van der Waals surface area contributed by atoms with E-state index in [2.05, 4.69) is 22.2 Å². The zero-order chi connectivity index (χ0) is 12.1. The molecule has 6 nitrogen and oxygen atoms in total. The Morgan fingerprint density at radius 1 is 1.35 bits per heavy atom. The van der Waals surface area contributed by atoms with Gasteiger partial charge in [-0.1, -0.05) is 6.92 Å². The van der Waals surface area contributed by atoms with Crippen molar-refractivity contribution in [3.8, 4) is 11.6 Å². The van der Waals surface area contributed by atoms with Crippen molar-refractivity contribution in [1.82, 2.24) is 20.0 Å². The average Bonchev–Trinajstić information content (AvgIpc) is 2.78. The number of ether oxygens (including phenoxy) is 1. The molecular weight excluding hydrogens is 218 g/mol. The van der Waals surface area contributed by atoms with Crippen molar-refractivity contribution in [3.63, 3.8) is 0 Å². The van der Waals surface area contributed by atoms with E-state index in [4.69, 9.17) is 10.5 Å². The smallest absolute Gasteiger partial charge is 0.239 e. The fourth-order valence-corrected chi connectivity index (χ4v) is 1.38. The number of hydrogen-bond acceptors (Lipinski definition) is 5. The van der Waals surface area contributed by atoms with Gasteiger partial charge in [0.25, 0.3) is 0 Å². The molecule has 0 spiro atoms. The van der Waals surface area contributed by atoms with Gasteiger partial charge in [0, 0.05) is 19.2 Å². The van der Waals surface area contributed by atoms with Crippen molar-refractivity contribution < 1.29 is 4.74 Å². The first-order valence-electron chi connectivity index (χ1n) is 5.55. The van der Waals surface area contributed by atoms with Crippen LogP contribution in [0.2, 0.25) is 0 Å². The van der Waals surface area contributed by atoms with Crippen LogP contribution in [0.15, 0.2) is 24.5 Å². The highest BCUT2D eigenvalue weighted by atomic mass is 16.5. The fraction of sp³-hybridized carbons (Fsp3) is 0.364. The quantitative estimate of drug-likeness (QED) is 0.842. The summed E-state index contributed by atoms with van der Waals surface area (Å²) in [6, 6.07) is 3.53. The predicted molar refractivity (Wildman–Crippen MR) is 62.5 cm³/mol. The standard InChI is InChI=1S/C11H15N5O/c1-2-5-16-8-10(7-13-16)17-11-4-3-9(6-12)14-15-11/h3-4,7-8H,2,5-6,12H2,1H3. The summed E-state index contributed by atoms with van der Waals surface area (Å²) >= 11 is 0. The van der Waals surface area contributed by atoms with Crippen molar-refractivity contribution in [1.29, 1.82) is 0 Å². The Bertz CT molecular complexity index is 465. The van der Waals surface area contributed by atoms with Crippen LogP contribution in [0.4, 0.5) is 0 Å². The predicted octanol–water partition coefficient (Wildman–Crippen LogP) is 1.33. The van der Waals surface area contributed by atoms with Crippen LogP contribution in [0.1, 0.15) is 19.0 Å². The van der Waals surface area contributed by atoms with Crippen LogP contribution in [0.25, 0.3) is 0 Å². The van der Waals surface area contributed by atoms with Crippen molar-refractivity contribution in [3.05, 3.63) is 30.2 Å². The van der Waals surface area contributed by atoms with E-state index in [1.807, 2.05) is 10.9 Å². The van der Waals surface area contributed by atoms with Gasteiger partial charge in [-0.2, -0.15) is 10.2 Å². The zero-order valence-corrected chi connectivity index (χ0v) is 9.71. The van der Waals surface area contributed by atoms with Gasteiger partial charge in [0.1, 0.15) is 0 Å². The molecule has 0 bridgehead atoms. The van der Waals surface area contributed by atoms with E-state index in [1.54, 1.807) is 18.3 Å². The Morgan fingerprint density at radius 3 is 2.88 bits per heavy atom. The lowest BCUT2D eigenvalue weighted by Gasteiger charge is -2.01. The number of nitrogens with zero attached hydrogens (tertiary/aromatic N) is 4. The molecule has 17 heavy (non-hydrogen) atoms. The maximum absolute atomic E-state index is 5.51. The molecule has 0 aliphatic heterocycles. The minimum Gasteiger partial charge on any atom is -0.434 e. The summed E-state index contributed by atoms with van der Waals surface area (Å²) in [6.45, 7) is 3.35. The Labute approximate surface area is 99.4 Å². The van der Waals surface area contributed by atoms with E-state index in [0.717, 1.165) is 18.7 Å². The van der Waals surface area contributed by atoms with Gasteiger partial charge in [-0.15, -0.1) is 5.10 Å². The summed E-state index contributed by atoms with van der Waals surface area (Å²) in [5, 5.41) is 12.0. The van der Waals surface area contributed by atoms with Crippen molar-refractivity contribution in [2.24, 2.45) is 5.73 Å². The Morgan fingerprint density at radius 2 is 2.24 bits per heavy atom. The zero-order valence-electron chi connectivity index (χ0n) is 9.71. The Balaban J connectivity index is 2.03. The van der Waals surface area contributed by atoms with Gasteiger partial charge >= 0.3 is 0 Å². The fourth-order valence-electron chi connectivity index (χ4n) is 1.38. The second kappa shape index (κ2) is 5.40. The highest BCUT2D eigenvalue weighted by Gasteiger charge is 2.02. The monoisotopic (exact) mass is 233 g/mol. The maximum atomic E-state index is 5.51. The second-order valence-corrected chi connectivity index (χ2v) is 3.61. The van der Waals surface area contributed by atoms with Gasteiger partial charge in [0.2, 0.25) is 5.88 Å². The Kier molecular flexibility index (Phi) is 3.66. The van der Waals surface area contributed by atoms with Crippen LogP contribution in [0.5, 0.6) is 11.6 Å². The molecule has 0 aliphatic carbocycles. The van der Waals surface area contributed by atoms with Crippen molar-refractivity contribution in [2.75, 3.05) is 0 Å². The summed E-state index contributed by atoms with van der Waals surface area (Å²) in [5.74, 6) is 1.10. The molecule has 2 rings (SSSR count). The summed E-state index contributed by atoms with van der Waals surface area (Å²) in [4.78, 5) is 0. The molecule has 0 aromatic carbocycles. The molecule has 0 unspecified atom stereocenters. The van der Waals surface area contributed by atoms with Gasteiger partial charge in [-0.3, -0.25) is 4.68 Å². The second-order valence-electron chi connectivity index (χ2n) is 3.61. The highest BCUT2D eigenvalue weighted by Crippen LogP contribution is 2.17. The number of rotatable bonds is 5. The number of nitrogens with two attached hydrogens (primary N) is 1. The van der Waals surface area contributed by atoms with Crippen LogP contribution < -0.4 is 10.5 Å². The van der Waals surface area contributed by atoms with Crippen LogP contribution in [0.3, 0.4) is 0 Å². The molecular formula is C11H15N5O. The minimum atomic E-state index is 0.377.